The second-order valence-corrected chi connectivity index (χ2v) is 8.70. The van der Waals surface area contributed by atoms with Gasteiger partial charge in [-0.15, -0.1) is 11.3 Å². The SMILES string of the molecule is CCOC(=O)c1ccc2c(c1)sc(=NC(=O)C=Cc1cccs1)n2CCSC. The summed E-state index contributed by atoms with van der Waals surface area (Å²) >= 11 is 4.70. The van der Waals surface area contributed by atoms with Crippen molar-refractivity contribution in [2.75, 3.05) is 18.6 Å². The number of ether oxygens (including phenoxy) is 1. The standard InChI is InChI=1S/C20H20N2O3S3/c1-3-25-19(24)14-6-8-16-17(13-14)28-20(22(16)10-12-26-2)21-18(23)9-7-15-5-4-11-27-15/h4-9,11,13H,3,10,12H2,1-2H3. The second kappa shape index (κ2) is 9.86. The van der Waals surface area contributed by atoms with Crippen LogP contribution in [0.25, 0.3) is 16.3 Å². The molecule has 0 fully saturated rings. The van der Waals surface area contributed by atoms with Crippen molar-refractivity contribution >= 4 is 62.6 Å². The largest absolute Gasteiger partial charge is 0.462 e. The lowest BCUT2D eigenvalue weighted by molar-refractivity contribution is -0.113. The molecular formula is C20H20N2O3S3. The highest BCUT2D eigenvalue weighted by molar-refractivity contribution is 7.98. The molecule has 0 N–H and O–H groups in total. The highest BCUT2D eigenvalue weighted by Crippen LogP contribution is 2.20. The van der Waals surface area contributed by atoms with Crippen LogP contribution in [-0.2, 0) is 16.1 Å². The first kappa shape index (κ1) is 20.6. The predicted molar refractivity (Wildman–Crippen MR) is 118 cm³/mol. The third-order valence-electron chi connectivity index (χ3n) is 3.85. The predicted octanol–water partition coefficient (Wildman–Crippen LogP) is 4.44. The first-order valence-corrected chi connectivity index (χ1v) is 11.8. The van der Waals surface area contributed by atoms with E-state index in [2.05, 4.69) is 4.99 Å². The first-order valence-electron chi connectivity index (χ1n) is 8.72. The van der Waals surface area contributed by atoms with Gasteiger partial charge in [0.2, 0.25) is 0 Å². The van der Waals surface area contributed by atoms with Gasteiger partial charge in [0.15, 0.2) is 4.80 Å². The molecule has 0 aliphatic carbocycles. The van der Waals surface area contributed by atoms with Crippen molar-refractivity contribution in [1.82, 2.24) is 4.57 Å². The molecule has 8 heteroatoms. The lowest BCUT2D eigenvalue weighted by Gasteiger charge is -2.05. The number of esters is 1. The molecule has 2 aromatic heterocycles. The third-order valence-corrected chi connectivity index (χ3v) is 6.32. The number of thiazole rings is 1. The minimum atomic E-state index is -0.345. The maximum atomic E-state index is 12.3. The van der Waals surface area contributed by atoms with E-state index in [4.69, 9.17) is 4.74 Å². The van der Waals surface area contributed by atoms with Crippen LogP contribution in [0.5, 0.6) is 0 Å². The molecule has 0 radical (unpaired) electrons. The molecule has 0 unspecified atom stereocenters. The quantitative estimate of drug-likeness (QED) is 0.409. The van der Waals surface area contributed by atoms with Crippen LogP contribution in [0.3, 0.4) is 0 Å². The summed E-state index contributed by atoms with van der Waals surface area (Å²) in [6, 6.07) is 9.34. The molecule has 0 saturated carbocycles. The molecule has 2 heterocycles. The number of benzene rings is 1. The van der Waals surface area contributed by atoms with E-state index in [1.165, 1.54) is 17.4 Å². The fourth-order valence-electron chi connectivity index (χ4n) is 2.57. The van der Waals surface area contributed by atoms with Crippen LogP contribution in [0.15, 0.2) is 46.8 Å². The summed E-state index contributed by atoms with van der Waals surface area (Å²) in [5.41, 5.74) is 1.46. The number of nitrogens with zero attached hydrogens (tertiary/aromatic N) is 2. The van der Waals surface area contributed by atoms with Crippen LogP contribution in [0.4, 0.5) is 0 Å². The number of carbonyl (C=O) groups excluding carboxylic acids is 2. The van der Waals surface area contributed by atoms with Crippen LogP contribution in [0, 0.1) is 0 Å². The zero-order valence-corrected chi connectivity index (χ0v) is 18.0. The van der Waals surface area contributed by atoms with Crippen molar-refractivity contribution < 1.29 is 14.3 Å². The molecule has 0 aliphatic rings. The lowest BCUT2D eigenvalue weighted by Crippen LogP contribution is -2.17. The van der Waals surface area contributed by atoms with Crippen molar-refractivity contribution in [2.45, 2.75) is 13.5 Å². The lowest BCUT2D eigenvalue weighted by atomic mass is 10.2. The van der Waals surface area contributed by atoms with Crippen LogP contribution in [-0.4, -0.2) is 35.1 Å². The summed E-state index contributed by atoms with van der Waals surface area (Å²) in [6.45, 7) is 2.85. The van der Waals surface area contributed by atoms with Gasteiger partial charge < -0.3 is 9.30 Å². The molecule has 0 atom stereocenters. The summed E-state index contributed by atoms with van der Waals surface area (Å²) < 4.78 is 8.01. The number of hydrogen-bond acceptors (Lipinski definition) is 6. The van der Waals surface area contributed by atoms with Gasteiger partial charge in [-0.1, -0.05) is 17.4 Å². The van der Waals surface area contributed by atoms with Crippen molar-refractivity contribution in [3.63, 3.8) is 0 Å². The fraction of sp³-hybridized carbons (Fsp3) is 0.250. The molecule has 1 aromatic carbocycles. The molecule has 0 aliphatic heterocycles. The molecule has 0 saturated heterocycles. The number of rotatable bonds is 7. The average molecular weight is 433 g/mol. The van der Waals surface area contributed by atoms with E-state index < -0.39 is 0 Å². The topological polar surface area (TPSA) is 60.7 Å². The monoisotopic (exact) mass is 432 g/mol. The fourth-order valence-corrected chi connectivity index (χ4v) is 4.65. The second-order valence-electron chi connectivity index (χ2n) is 5.73. The van der Waals surface area contributed by atoms with Crippen molar-refractivity contribution in [2.24, 2.45) is 4.99 Å². The van der Waals surface area contributed by atoms with Crippen LogP contribution < -0.4 is 4.80 Å². The zero-order chi connectivity index (χ0) is 19.9. The van der Waals surface area contributed by atoms with Gasteiger partial charge in [-0.3, -0.25) is 4.79 Å². The normalized spacial score (nSPS) is 12.1. The molecule has 3 rings (SSSR count). The van der Waals surface area contributed by atoms with Crippen LogP contribution >= 0.6 is 34.4 Å². The Labute approximate surface area is 175 Å². The maximum Gasteiger partial charge on any atom is 0.338 e. The number of thioether (sulfide) groups is 1. The minimum absolute atomic E-state index is 0.302. The van der Waals surface area contributed by atoms with Gasteiger partial charge in [-0.05, 0) is 48.9 Å². The number of amides is 1. The van der Waals surface area contributed by atoms with Crippen LogP contribution in [0.1, 0.15) is 22.2 Å². The molecule has 28 heavy (non-hydrogen) atoms. The van der Waals surface area contributed by atoms with Gasteiger partial charge in [0.25, 0.3) is 5.91 Å². The Morgan fingerprint density at radius 1 is 1.32 bits per heavy atom. The summed E-state index contributed by atoms with van der Waals surface area (Å²) in [5.74, 6) is 0.253. The number of hydrogen-bond donors (Lipinski definition) is 0. The Morgan fingerprint density at radius 3 is 2.89 bits per heavy atom. The molecule has 0 spiro atoms. The number of aryl methyl sites for hydroxylation is 1. The van der Waals surface area contributed by atoms with E-state index in [1.807, 2.05) is 34.4 Å². The third kappa shape index (κ3) is 5.01. The number of fused-ring (bicyclic) bond motifs is 1. The van der Waals surface area contributed by atoms with Gasteiger partial charge in [-0.2, -0.15) is 16.8 Å². The van der Waals surface area contributed by atoms with Gasteiger partial charge >= 0.3 is 5.97 Å². The maximum absolute atomic E-state index is 12.3. The molecule has 146 valence electrons. The molecule has 5 nitrogen and oxygen atoms in total. The Hall–Kier alpha value is -2.16. The molecule has 1 amide bonds. The van der Waals surface area contributed by atoms with Crippen molar-refractivity contribution in [3.8, 4) is 0 Å². The van der Waals surface area contributed by atoms with E-state index >= 15 is 0 Å². The average Bonchev–Trinajstić information content (AvgIpc) is 3.32. The summed E-state index contributed by atoms with van der Waals surface area (Å²) in [4.78, 5) is 30.3. The Morgan fingerprint density at radius 2 is 2.18 bits per heavy atom. The Kier molecular flexibility index (Phi) is 7.24. The van der Waals surface area contributed by atoms with Gasteiger partial charge in [0.05, 0.1) is 22.4 Å². The molecule has 3 aromatic rings. The minimum Gasteiger partial charge on any atom is -0.462 e. The first-order chi connectivity index (χ1) is 13.6. The molecule has 0 bridgehead atoms. The summed E-state index contributed by atoms with van der Waals surface area (Å²) in [5, 5.41) is 1.96. The summed E-state index contributed by atoms with van der Waals surface area (Å²) in [6.07, 6.45) is 5.30. The van der Waals surface area contributed by atoms with Crippen LogP contribution in [0.2, 0.25) is 0 Å². The summed E-state index contributed by atoms with van der Waals surface area (Å²) in [7, 11) is 0. The Bertz CT molecular complexity index is 1060. The number of thiophene rings is 1. The van der Waals surface area contributed by atoms with E-state index in [0.717, 1.165) is 27.4 Å². The number of aromatic nitrogens is 1. The highest BCUT2D eigenvalue weighted by Gasteiger charge is 2.12. The van der Waals surface area contributed by atoms with Crippen molar-refractivity contribution in [1.29, 1.82) is 0 Å². The van der Waals surface area contributed by atoms with E-state index in [0.29, 0.717) is 17.0 Å². The smallest absolute Gasteiger partial charge is 0.338 e. The van der Waals surface area contributed by atoms with E-state index in [-0.39, 0.29) is 11.9 Å². The van der Waals surface area contributed by atoms with E-state index in [1.54, 1.807) is 48.2 Å². The van der Waals surface area contributed by atoms with Crippen molar-refractivity contribution in [3.05, 3.63) is 57.0 Å². The molecular weight excluding hydrogens is 412 g/mol. The highest BCUT2D eigenvalue weighted by atomic mass is 32.2. The van der Waals surface area contributed by atoms with Gasteiger partial charge in [0, 0.05) is 23.3 Å². The van der Waals surface area contributed by atoms with Gasteiger partial charge in [0.1, 0.15) is 0 Å². The Balaban J connectivity index is 1.99. The van der Waals surface area contributed by atoms with E-state index in [9.17, 15) is 9.59 Å². The van der Waals surface area contributed by atoms with Gasteiger partial charge in [-0.25, -0.2) is 4.79 Å². The zero-order valence-electron chi connectivity index (χ0n) is 15.6. The number of carbonyl (C=O) groups is 2.